The van der Waals surface area contributed by atoms with E-state index < -0.39 is 0 Å². The lowest BCUT2D eigenvalue weighted by Gasteiger charge is -2.46. The largest absolute Gasteiger partial charge is 0.366 e. The third-order valence-electron chi connectivity index (χ3n) is 4.46. The van der Waals surface area contributed by atoms with E-state index >= 15 is 0 Å². The first kappa shape index (κ1) is 14.0. The van der Waals surface area contributed by atoms with Gasteiger partial charge >= 0.3 is 0 Å². The van der Waals surface area contributed by atoms with Crippen molar-refractivity contribution in [2.24, 2.45) is 0 Å². The lowest BCUT2D eigenvalue weighted by atomic mass is 9.95. The Balaban J connectivity index is 1.93. The van der Waals surface area contributed by atoms with E-state index in [-0.39, 0.29) is 12.5 Å². The molecule has 2 aliphatic rings. The van der Waals surface area contributed by atoms with Crippen molar-refractivity contribution < 1.29 is 9.47 Å². The van der Waals surface area contributed by atoms with Crippen LogP contribution >= 0.6 is 0 Å². The second-order valence-electron chi connectivity index (χ2n) is 5.59. The zero-order valence-electron chi connectivity index (χ0n) is 12.3. The van der Waals surface area contributed by atoms with E-state index in [0.717, 1.165) is 19.4 Å². The molecule has 4 nitrogen and oxygen atoms in total. The molecule has 110 valence electrons. The highest BCUT2D eigenvalue weighted by Gasteiger charge is 2.39. The number of piperidine rings is 1. The molecule has 4 heteroatoms. The van der Waals surface area contributed by atoms with E-state index in [2.05, 4.69) is 34.5 Å². The number of rotatable bonds is 3. The normalized spacial score (nSPS) is 31.0. The van der Waals surface area contributed by atoms with Gasteiger partial charge in [-0.15, -0.1) is 0 Å². The molecule has 0 spiro atoms. The average molecular weight is 276 g/mol. The third-order valence-corrected chi connectivity index (χ3v) is 4.46. The first-order valence-corrected chi connectivity index (χ1v) is 7.49. The molecule has 3 atom stereocenters. The van der Waals surface area contributed by atoms with Crippen LogP contribution in [0.4, 0.5) is 0 Å². The van der Waals surface area contributed by atoms with Gasteiger partial charge in [0.05, 0.1) is 6.17 Å². The first-order valence-electron chi connectivity index (χ1n) is 7.49. The van der Waals surface area contributed by atoms with Gasteiger partial charge < -0.3 is 14.8 Å². The number of nitrogens with zero attached hydrogens (tertiary/aromatic N) is 1. The van der Waals surface area contributed by atoms with Gasteiger partial charge in [0.25, 0.3) is 0 Å². The molecule has 1 N–H and O–H groups in total. The summed E-state index contributed by atoms with van der Waals surface area (Å²) in [6.45, 7) is 1.08. The fourth-order valence-electron chi connectivity index (χ4n) is 3.47. The molecule has 2 aliphatic heterocycles. The zero-order valence-corrected chi connectivity index (χ0v) is 12.3. The smallest absolute Gasteiger partial charge is 0.139 e. The van der Waals surface area contributed by atoms with Gasteiger partial charge in [0.1, 0.15) is 12.5 Å². The van der Waals surface area contributed by atoms with E-state index in [1.807, 2.05) is 0 Å². The van der Waals surface area contributed by atoms with Crippen molar-refractivity contribution in [3.05, 3.63) is 35.4 Å². The van der Waals surface area contributed by atoms with Crippen LogP contribution in [0.5, 0.6) is 0 Å². The summed E-state index contributed by atoms with van der Waals surface area (Å²) in [6.07, 6.45) is 4.99. The second kappa shape index (κ2) is 6.22. The maximum atomic E-state index is 5.82. The minimum atomic E-state index is -0.0273. The summed E-state index contributed by atoms with van der Waals surface area (Å²) < 4.78 is 11.6. The fourth-order valence-corrected chi connectivity index (χ4v) is 3.47. The Bertz CT molecular complexity index is 446. The summed E-state index contributed by atoms with van der Waals surface area (Å²) in [4.78, 5) is 2.36. The van der Waals surface area contributed by atoms with Crippen molar-refractivity contribution in [2.45, 2.75) is 44.3 Å². The van der Waals surface area contributed by atoms with Gasteiger partial charge in [-0.05, 0) is 36.9 Å². The Labute approximate surface area is 121 Å². The van der Waals surface area contributed by atoms with Gasteiger partial charge in [0.2, 0.25) is 0 Å². The summed E-state index contributed by atoms with van der Waals surface area (Å²) in [5.74, 6) is 0. The molecule has 3 unspecified atom stereocenters. The SMILES string of the molecule is COC1Cc2ccccc2C(OC)N1C1CCCCN1. The molecule has 3 rings (SSSR count). The Morgan fingerprint density at radius 2 is 2.00 bits per heavy atom. The summed E-state index contributed by atoms with van der Waals surface area (Å²) in [5, 5.41) is 3.61. The van der Waals surface area contributed by atoms with Crippen LogP contribution in [0.2, 0.25) is 0 Å². The highest BCUT2D eigenvalue weighted by atomic mass is 16.5. The Kier molecular flexibility index (Phi) is 4.36. The van der Waals surface area contributed by atoms with Crippen molar-refractivity contribution in [1.82, 2.24) is 10.2 Å². The van der Waals surface area contributed by atoms with Crippen LogP contribution in [-0.4, -0.2) is 38.1 Å². The van der Waals surface area contributed by atoms with Crippen LogP contribution in [0, 0.1) is 0 Å². The Hall–Kier alpha value is -0.940. The van der Waals surface area contributed by atoms with Gasteiger partial charge in [0.15, 0.2) is 0 Å². The lowest BCUT2D eigenvalue weighted by Crippen LogP contribution is -2.57. The van der Waals surface area contributed by atoms with Crippen molar-refractivity contribution in [2.75, 3.05) is 20.8 Å². The van der Waals surface area contributed by atoms with Crippen molar-refractivity contribution in [3.8, 4) is 0 Å². The highest BCUT2D eigenvalue weighted by molar-refractivity contribution is 5.32. The summed E-state index contributed by atoms with van der Waals surface area (Å²) in [5.41, 5.74) is 2.61. The minimum Gasteiger partial charge on any atom is -0.366 e. The van der Waals surface area contributed by atoms with Gasteiger partial charge in [-0.25, -0.2) is 4.90 Å². The summed E-state index contributed by atoms with van der Waals surface area (Å²) in [7, 11) is 3.58. The predicted octanol–water partition coefficient (Wildman–Crippen LogP) is 2.26. The van der Waals surface area contributed by atoms with E-state index in [1.54, 1.807) is 14.2 Å². The van der Waals surface area contributed by atoms with Crippen LogP contribution < -0.4 is 5.32 Å². The lowest BCUT2D eigenvalue weighted by molar-refractivity contribution is -0.172. The molecule has 1 fully saturated rings. The number of methoxy groups -OCH3 is 2. The minimum absolute atomic E-state index is 0.0273. The van der Waals surface area contributed by atoms with Crippen LogP contribution in [0.1, 0.15) is 36.6 Å². The van der Waals surface area contributed by atoms with Gasteiger partial charge in [-0.1, -0.05) is 24.3 Å². The molecule has 0 bridgehead atoms. The predicted molar refractivity (Wildman–Crippen MR) is 78.2 cm³/mol. The number of benzene rings is 1. The van der Waals surface area contributed by atoms with E-state index in [0.29, 0.717) is 6.17 Å². The number of ether oxygens (including phenoxy) is 2. The molecular formula is C16H24N2O2. The van der Waals surface area contributed by atoms with E-state index in [4.69, 9.17) is 9.47 Å². The van der Waals surface area contributed by atoms with Crippen molar-refractivity contribution in [3.63, 3.8) is 0 Å². The fraction of sp³-hybridized carbons (Fsp3) is 0.625. The zero-order chi connectivity index (χ0) is 13.9. The number of nitrogens with one attached hydrogen (secondary N) is 1. The van der Waals surface area contributed by atoms with Gasteiger partial charge in [-0.3, -0.25) is 0 Å². The standard InChI is InChI=1S/C16H24N2O2/c1-19-15-11-12-7-3-4-8-13(12)16(20-2)18(15)14-9-5-6-10-17-14/h3-4,7-8,14-17H,5-6,9-11H2,1-2H3. The molecule has 0 aromatic heterocycles. The molecule has 1 aromatic carbocycles. The summed E-state index contributed by atoms with van der Waals surface area (Å²) in [6, 6.07) is 8.53. The molecule has 2 heterocycles. The quantitative estimate of drug-likeness (QED) is 0.918. The maximum Gasteiger partial charge on any atom is 0.139 e. The Morgan fingerprint density at radius 3 is 2.70 bits per heavy atom. The maximum absolute atomic E-state index is 5.82. The van der Waals surface area contributed by atoms with Crippen LogP contribution in [0.15, 0.2) is 24.3 Å². The summed E-state index contributed by atoms with van der Waals surface area (Å²) >= 11 is 0. The van der Waals surface area contributed by atoms with E-state index in [1.165, 1.54) is 24.0 Å². The number of fused-ring (bicyclic) bond motifs is 1. The van der Waals surface area contributed by atoms with Crippen molar-refractivity contribution in [1.29, 1.82) is 0 Å². The topological polar surface area (TPSA) is 33.7 Å². The molecule has 0 amide bonds. The van der Waals surface area contributed by atoms with Crippen LogP contribution in [-0.2, 0) is 15.9 Å². The second-order valence-corrected chi connectivity index (χ2v) is 5.59. The Morgan fingerprint density at radius 1 is 1.15 bits per heavy atom. The van der Waals surface area contributed by atoms with Gasteiger partial charge in [0, 0.05) is 20.6 Å². The molecular weight excluding hydrogens is 252 g/mol. The molecule has 1 saturated heterocycles. The van der Waals surface area contributed by atoms with Crippen LogP contribution in [0.25, 0.3) is 0 Å². The van der Waals surface area contributed by atoms with Crippen LogP contribution in [0.3, 0.4) is 0 Å². The molecule has 1 aromatic rings. The molecule has 20 heavy (non-hydrogen) atoms. The third kappa shape index (κ3) is 2.49. The first-order chi connectivity index (χ1) is 9.85. The average Bonchev–Trinajstić information content (AvgIpc) is 2.53. The highest BCUT2D eigenvalue weighted by Crippen LogP contribution is 2.36. The molecule has 0 saturated carbocycles. The van der Waals surface area contributed by atoms with Crippen molar-refractivity contribution >= 4 is 0 Å². The molecule has 0 radical (unpaired) electrons. The molecule has 0 aliphatic carbocycles. The van der Waals surface area contributed by atoms with E-state index in [9.17, 15) is 0 Å². The number of hydrogen-bond donors (Lipinski definition) is 1. The number of hydrogen-bond acceptors (Lipinski definition) is 4. The van der Waals surface area contributed by atoms with Gasteiger partial charge in [-0.2, -0.15) is 0 Å². The monoisotopic (exact) mass is 276 g/mol.